The molecule has 0 fully saturated rings. The zero-order chi connectivity index (χ0) is 12.4. The molecule has 0 amide bonds. The van der Waals surface area contributed by atoms with Crippen molar-refractivity contribution >= 4 is 34.1 Å². The molecule has 88 valence electrons. The molecular formula is C14H10ClN3. The van der Waals surface area contributed by atoms with Gasteiger partial charge in [-0.25, -0.2) is 4.98 Å². The van der Waals surface area contributed by atoms with Crippen LogP contribution in [0, 0.1) is 0 Å². The van der Waals surface area contributed by atoms with Gasteiger partial charge in [0.25, 0.3) is 0 Å². The number of nitrogens with one attached hydrogen (secondary N) is 1. The van der Waals surface area contributed by atoms with Crippen LogP contribution in [0.1, 0.15) is 0 Å². The minimum Gasteiger partial charge on any atom is -0.339 e. The van der Waals surface area contributed by atoms with Crippen molar-refractivity contribution in [1.82, 2.24) is 9.97 Å². The molecular weight excluding hydrogens is 246 g/mol. The standard InChI is InChI=1S/C14H10ClN3/c15-10-4-3-5-11(8-10)17-14-9-16-12-6-1-2-7-13(12)18-14/h1-9H,(H,17,18). The SMILES string of the molecule is Clc1cccc(Nc2cnc3ccccc3n2)c1. The lowest BCUT2D eigenvalue weighted by atomic mass is 10.3. The molecule has 3 nitrogen and oxygen atoms in total. The molecule has 3 rings (SSSR count). The van der Waals surface area contributed by atoms with E-state index in [1.807, 2.05) is 48.5 Å². The molecule has 0 radical (unpaired) electrons. The van der Waals surface area contributed by atoms with Crippen LogP contribution in [0.2, 0.25) is 5.02 Å². The molecule has 0 spiro atoms. The van der Waals surface area contributed by atoms with Gasteiger partial charge in [0.2, 0.25) is 0 Å². The Morgan fingerprint density at radius 3 is 2.61 bits per heavy atom. The van der Waals surface area contributed by atoms with Crippen LogP contribution in [-0.4, -0.2) is 9.97 Å². The molecule has 0 atom stereocenters. The summed E-state index contributed by atoms with van der Waals surface area (Å²) in [4.78, 5) is 8.83. The van der Waals surface area contributed by atoms with E-state index >= 15 is 0 Å². The van der Waals surface area contributed by atoms with Crippen molar-refractivity contribution in [2.45, 2.75) is 0 Å². The van der Waals surface area contributed by atoms with Crippen LogP contribution in [-0.2, 0) is 0 Å². The van der Waals surface area contributed by atoms with Crippen molar-refractivity contribution in [2.24, 2.45) is 0 Å². The van der Waals surface area contributed by atoms with Crippen LogP contribution in [0.5, 0.6) is 0 Å². The largest absolute Gasteiger partial charge is 0.339 e. The van der Waals surface area contributed by atoms with E-state index in [9.17, 15) is 0 Å². The van der Waals surface area contributed by atoms with Crippen LogP contribution in [0.3, 0.4) is 0 Å². The number of benzene rings is 2. The number of rotatable bonds is 2. The summed E-state index contributed by atoms with van der Waals surface area (Å²) in [5.74, 6) is 0.705. The smallest absolute Gasteiger partial charge is 0.149 e. The van der Waals surface area contributed by atoms with E-state index in [4.69, 9.17) is 11.6 Å². The minimum atomic E-state index is 0.689. The van der Waals surface area contributed by atoms with Gasteiger partial charge in [-0.2, -0.15) is 0 Å². The maximum Gasteiger partial charge on any atom is 0.149 e. The molecule has 1 N–H and O–H groups in total. The van der Waals surface area contributed by atoms with Crippen molar-refractivity contribution in [3.05, 3.63) is 59.8 Å². The minimum absolute atomic E-state index is 0.689. The molecule has 0 bridgehead atoms. The lowest BCUT2D eigenvalue weighted by Gasteiger charge is -2.06. The molecule has 0 unspecified atom stereocenters. The first kappa shape index (κ1) is 11.0. The number of para-hydroxylation sites is 2. The number of halogens is 1. The summed E-state index contributed by atoms with van der Waals surface area (Å²) < 4.78 is 0. The summed E-state index contributed by atoms with van der Waals surface area (Å²) in [6, 6.07) is 15.3. The van der Waals surface area contributed by atoms with Gasteiger partial charge in [0.15, 0.2) is 0 Å². The molecule has 0 saturated carbocycles. The van der Waals surface area contributed by atoms with Crippen LogP contribution < -0.4 is 5.32 Å². The van der Waals surface area contributed by atoms with Gasteiger partial charge in [-0.1, -0.05) is 29.8 Å². The van der Waals surface area contributed by atoms with E-state index in [-0.39, 0.29) is 0 Å². The van der Waals surface area contributed by atoms with Gasteiger partial charge < -0.3 is 5.32 Å². The van der Waals surface area contributed by atoms with E-state index < -0.39 is 0 Å². The third-order valence-corrected chi connectivity index (χ3v) is 2.78. The van der Waals surface area contributed by atoms with Crippen molar-refractivity contribution in [3.63, 3.8) is 0 Å². The molecule has 4 heteroatoms. The van der Waals surface area contributed by atoms with Gasteiger partial charge in [-0.05, 0) is 30.3 Å². The summed E-state index contributed by atoms with van der Waals surface area (Å²) in [6.45, 7) is 0. The molecule has 18 heavy (non-hydrogen) atoms. The first-order valence-corrected chi connectivity index (χ1v) is 5.93. The van der Waals surface area contributed by atoms with Gasteiger partial charge in [0.05, 0.1) is 17.2 Å². The van der Waals surface area contributed by atoms with Crippen molar-refractivity contribution in [1.29, 1.82) is 0 Å². The Kier molecular flexibility index (Phi) is 2.82. The zero-order valence-electron chi connectivity index (χ0n) is 9.47. The normalized spacial score (nSPS) is 10.5. The van der Waals surface area contributed by atoms with Crippen molar-refractivity contribution in [3.8, 4) is 0 Å². The number of hydrogen-bond acceptors (Lipinski definition) is 3. The topological polar surface area (TPSA) is 37.8 Å². The van der Waals surface area contributed by atoms with E-state index in [1.54, 1.807) is 6.20 Å². The predicted octanol–water partition coefficient (Wildman–Crippen LogP) is 4.03. The highest BCUT2D eigenvalue weighted by Gasteiger charge is 2.00. The second-order valence-electron chi connectivity index (χ2n) is 3.88. The van der Waals surface area contributed by atoms with Gasteiger partial charge in [0.1, 0.15) is 5.82 Å². The fourth-order valence-electron chi connectivity index (χ4n) is 1.73. The highest BCUT2D eigenvalue weighted by Crippen LogP contribution is 2.19. The lowest BCUT2D eigenvalue weighted by molar-refractivity contribution is 1.28. The Morgan fingerprint density at radius 2 is 1.78 bits per heavy atom. The van der Waals surface area contributed by atoms with Crippen LogP contribution in [0.15, 0.2) is 54.7 Å². The Labute approximate surface area is 109 Å². The number of fused-ring (bicyclic) bond motifs is 1. The molecule has 1 heterocycles. The zero-order valence-corrected chi connectivity index (χ0v) is 10.2. The average Bonchev–Trinajstić information content (AvgIpc) is 2.39. The lowest BCUT2D eigenvalue weighted by Crippen LogP contribution is -1.95. The second-order valence-corrected chi connectivity index (χ2v) is 4.32. The van der Waals surface area contributed by atoms with E-state index in [2.05, 4.69) is 15.3 Å². The number of nitrogens with zero attached hydrogens (tertiary/aromatic N) is 2. The number of anilines is 2. The summed E-state index contributed by atoms with van der Waals surface area (Å²) in [6.07, 6.45) is 1.71. The first-order valence-electron chi connectivity index (χ1n) is 5.56. The van der Waals surface area contributed by atoms with E-state index in [0.29, 0.717) is 10.8 Å². The summed E-state index contributed by atoms with van der Waals surface area (Å²) in [5.41, 5.74) is 2.64. The van der Waals surface area contributed by atoms with Gasteiger partial charge in [-0.15, -0.1) is 0 Å². The molecule has 0 aliphatic carbocycles. The maximum atomic E-state index is 5.93. The van der Waals surface area contributed by atoms with Crippen molar-refractivity contribution in [2.75, 3.05) is 5.32 Å². The molecule has 2 aromatic carbocycles. The van der Waals surface area contributed by atoms with E-state index in [1.165, 1.54) is 0 Å². The molecule has 3 aromatic rings. The van der Waals surface area contributed by atoms with Gasteiger partial charge in [0, 0.05) is 10.7 Å². The highest BCUT2D eigenvalue weighted by atomic mass is 35.5. The van der Waals surface area contributed by atoms with Gasteiger partial charge >= 0.3 is 0 Å². The summed E-state index contributed by atoms with van der Waals surface area (Å²) in [5, 5.41) is 3.87. The van der Waals surface area contributed by atoms with Crippen LogP contribution in [0.4, 0.5) is 11.5 Å². The third kappa shape index (κ3) is 2.26. The Morgan fingerprint density at radius 1 is 0.944 bits per heavy atom. The Hall–Kier alpha value is -2.13. The number of aromatic nitrogens is 2. The average molecular weight is 256 g/mol. The predicted molar refractivity (Wildman–Crippen MR) is 74.3 cm³/mol. The van der Waals surface area contributed by atoms with Crippen LogP contribution in [0.25, 0.3) is 11.0 Å². The monoisotopic (exact) mass is 255 g/mol. The second kappa shape index (κ2) is 4.63. The number of hydrogen-bond donors (Lipinski definition) is 1. The quantitative estimate of drug-likeness (QED) is 0.751. The molecule has 0 aliphatic heterocycles. The summed E-state index contributed by atoms with van der Waals surface area (Å²) >= 11 is 5.93. The van der Waals surface area contributed by atoms with Crippen molar-refractivity contribution < 1.29 is 0 Å². The first-order chi connectivity index (χ1) is 8.81. The Balaban J connectivity index is 1.95. The fraction of sp³-hybridized carbons (Fsp3) is 0. The van der Waals surface area contributed by atoms with E-state index in [0.717, 1.165) is 16.7 Å². The Bertz CT molecular complexity index is 697. The molecule has 1 aromatic heterocycles. The third-order valence-electron chi connectivity index (χ3n) is 2.55. The molecule has 0 aliphatic rings. The maximum absolute atomic E-state index is 5.93. The summed E-state index contributed by atoms with van der Waals surface area (Å²) in [7, 11) is 0. The highest BCUT2D eigenvalue weighted by molar-refractivity contribution is 6.30. The molecule has 0 saturated heterocycles. The fourth-order valence-corrected chi connectivity index (χ4v) is 1.92. The van der Waals surface area contributed by atoms with Gasteiger partial charge in [-0.3, -0.25) is 4.98 Å². The van der Waals surface area contributed by atoms with Crippen LogP contribution >= 0.6 is 11.6 Å².